The summed E-state index contributed by atoms with van der Waals surface area (Å²) in [7, 11) is 0. The van der Waals surface area contributed by atoms with E-state index >= 15 is 0 Å². The average Bonchev–Trinajstić information content (AvgIpc) is 1.80. The van der Waals surface area contributed by atoms with Crippen molar-refractivity contribution in [2.24, 2.45) is 5.41 Å². The van der Waals surface area contributed by atoms with Crippen LogP contribution in [0.15, 0.2) is 11.6 Å². The van der Waals surface area contributed by atoms with Crippen LogP contribution in [-0.2, 0) is 4.79 Å². The van der Waals surface area contributed by atoms with E-state index in [-0.39, 0.29) is 11.3 Å². The van der Waals surface area contributed by atoms with Crippen LogP contribution in [0.4, 0.5) is 0 Å². The van der Waals surface area contributed by atoms with E-state index in [2.05, 4.69) is 11.9 Å². The highest BCUT2D eigenvalue weighted by Crippen LogP contribution is 2.12. The first-order chi connectivity index (χ1) is 4.84. The summed E-state index contributed by atoms with van der Waals surface area (Å²) >= 11 is 5.46. The molecule has 64 valence electrons. The minimum absolute atomic E-state index is 0.0145. The molecule has 0 bridgehead atoms. The van der Waals surface area contributed by atoms with Gasteiger partial charge in [0.15, 0.2) is 0 Å². The van der Waals surface area contributed by atoms with Crippen molar-refractivity contribution in [2.75, 3.05) is 6.54 Å². The van der Waals surface area contributed by atoms with Crippen molar-refractivity contribution in [2.45, 2.75) is 20.8 Å². The molecule has 0 atom stereocenters. The van der Waals surface area contributed by atoms with Gasteiger partial charge in [-0.15, -0.1) is 0 Å². The molecular formula is C8H14ClNO. The van der Waals surface area contributed by atoms with Gasteiger partial charge in [-0.2, -0.15) is 0 Å². The van der Waals surface area contributed by atoms with Gasteiger partial charge in [-0.05, 0) is 0 Å². The van der Waals surface area contributed by atoms with Crippen LogP contribution < -0.4 is 5.32 Å². The molecular weight excluding hydrogens is 162 g/mol. The highest BCUT2D eigenvalue weighted by molar-refractivity contribution is 6.29. The molecule has 0 saturated carbocycles. The summed E-state index contributed by atoms with van der Waals surface area (Å²) in [5, 5.41) is 3.10. The topological polar surface area (TPSA) is 29.1 Å². The minimum atomic E-state index is -0.355. The normalized spacial score (nSPS) is 10.9. The molecule has 1 N–H and O–H groups in total. The van der Waals surface area contributed by atoms with Crippen LogP contribution in [0.2, 0.25) is 0 Å². The molecule has 0 spiro atoms. The second kappa shape index (κ2) is 3.77. The Kier molecular flexibility index (Phi) is 3.59. The molecule has 0 aromatic carbocycles. The number of amides is 1. The third-order valence-corrected chi connectivity index (χ3v) is 1.26. The number of halogens is 1. The van der Waals surface area contributed by atoms with Crippen LogP contribution in [0.5, 0.6) is 0 Å². The van der Waals surface area contributed by atoms with Crippen LogP contribution in [-0.4, -0.2) is 12.5 Å². The lowest BCUT2D eigenvalue weighted by molar-refractivity contribution is -0.128. The van der Waals surface area contributed by atoms with Gasteiger partial charge in [0.05, 0.1) is 6.54 Å². The quantitative estimate of drug-likeness (QED) is 0.683. The van der Waals surface area contributed by atoms with Gasteiger partial charge in [-0.25, -0.2) is 0 Å². The molecule has 3 heteroatoms. The highest BCUT2D eigenvalue weighted by Gasteiger charge is 2.20. The molecule has 0 heterocycles. The fraction of sp³-hybridized carbons (Fsp3) is 0.625. The van der Waals surface area contributed by atoms with Crippen molar-refractivity contribution in [3.63, 3.8) is 0 Å². The largest absolute Gasteiger partial charge is 0.351 e. The maximum Gasteiger partial charge on any atom is 0.225 e. The highest BCUT2D eigenvalue weighted by atomic mass is 35.5. The lowest BCUT2D eigenvalue weighted by atomic mass is 9.96. The van der Waals surface area contributed by atoms with E-state index in [1.807, 2.05) is 20.8 Å². The van der Waals surface area contributed by atoms with Gasteiger partial charge in [0.25, 0.3) is 0 Å². The van der Waals surface area contributed by atoms with E-state index in [1.54, 1.807) is 0 Å². The van der Waals surface area contributed by atoms with Crippen LogP contribution in [0.3, 0.4) is 0 Å². The molecule has 0 aromatic rings. The molecule has 0 unspecified atom stereocenters. The second-order valence-electron chi connectivity index (χ2n) is 3.45. The standard InChI is InChI=1S/C8H14ClNO/c1-6(9)5-10-7(11)8(2,3)4/h1,5H2,2-4H3,(H,10,11). The summed E-state index contributed by atoms with van der Waals surface area (Å²) in [5.74, 6) is -0.0145. The maximum absolute atomic E-state index is 11.2. The summed E-state index contributed by atoms with van der Waals surface area (Å²) in [6.45, 7) is 9.34. The first-order valence-corrected chi connectivity index (χ1v) is 3.83. The summed E-state index contributed by atoms with van der Waals surface area (Å²) in [5.41, 5.74) is -0.355. The lowest BCUT2D eigenvalue weighted by Crippen LogP contribution is -2.35. The fourth-order valence-corrected chi connectivity index (χ4v) is 0.508. The Bertz CT molecular complexity index is 169. The first-order valence-electron chi connectivity index (χ1n) is 3.45. The van der Waals surface area contributed by atoms with Gasteiger partial charge in [-0.3, -0.25) is 4.79 Å². The van der Waals surface area contributed by atoms with E-state index in [0.717, 1.165) is 0 Å². The molecule has 0 aliphatic rings. The van der Waals surface area contributed by atoms with Gasteiger partial charge in [0.1, 0.15) is 0 Å². The Balaban J connectivity index is 3.80. The first kappa shape index (κ1) is 10.5. The van der Waals surface area contributed by atoms with E-state index in [1.165, 1.54) is 0 Å². The number of carbonyl (C=O) groups is 1. The van der Waals surface area contributed by atoms with Crippen molar-refractivity contribution >= 4 is 17.5 Å². The van der Waals surface area contributed by atoms with Gasteiger partial charge in [-0.1, -0.05) is 39.0 Å². The molecule has 0 rings (SSSR count). The van der Waals surface area contributed by atoms with Crippen molar-refractivity contribution in [3.05, 3.63) is 11.6 Å². The predicted molar refractivity (Wildman–Crippen MR) is 47.5 cm³/mol. The fourth-order valence-electron chi connectivity index (χ4n) is 0.441. The Hall–Kier alpha value is -0.500. The number of rotatable bonds is 2. The monoisotopic (exact) mass is 175 g/mol. The predicted octanol–water partition coefficient (Wildman–Crippen LogP) is 1.90. The van der Waals surface area contributed by atoms with Crippen molar-refractivity contribution < 1.29 is 4.79 Å². The molecule has 0 fully saturated rings. The zero-order valence-corrected chi connectivity index (χ0v) is 7.96. The Morgan fingerprint density at radius 1 is 1.55 bits per heavy atom. The van der Waals surface area contributed by atoms with Gasteiger partial charge < -0.3 is 5.32 Å². The van der Waals surface area contributed by atoms with E-state index < -0.39 is 0 Å². The number of hydrogen-bond acceptors (Lipinski definition) is 1. The van der Waals surface area contributed by atoms with E-state index in [0.29, 0.717) is 11.6 Å². The summed E-state index contributed by atoms with van der Waals surface area (Å²) in [6.07, 6.45) is 0. The van der Waals surface area contributed by atoms with Crippen LogP contribution in [0.25, 0.3) is 0 Å². The van der Waals surface area contributed by atoms with E-state index in [9.17, 15) is 4.79 Å². The second-order valence-corrected chi connectivity index (χ2v) is 3.98. The lowest BCUT2D eigenvalue weighted by Gasteiger charge is -2.16. The molecule has 2 nitrogen and oxygen atoms in total. The summed E-state index contributed by atoms with van der Waals surface area (Å²) in [4.78, 5) is 11.2. The SMILES string of the molecule is C=C(Cl)CNC(=O)C(C)(C)C. The average molecular weight is 176 g/mol. The van der Waals surface area contributed by atoms with Crippen molar-refractivity contribution in [1.29, 1.82) is 0 Å². The molecule has 0 radical (unpaired) electrons. The Labute approximate surface area is 72.6 Å². The van der Waals surface area contributed by atoms with Gasteiger partial charge >= 0.3 is 0 Å². The number of hydrogen-bond donors (Lipinski definition) is 1. The van der Waals surface area contributed by atoms with Crippen LogP contribution in [0, 0.1) is 5.41 Å². The minimum Gasteiger partial charge on any atom is -0.351 e. The number of nitrogens with one attached hydrogen (secondary N) is 1. The van der Waals surface area contributed by atoms with Crippen molar-refractivity contribution in [3.8, 4) is 0 Å². The Morgan fingerprint density at radius 2 is 2.00 bits per heavy atom. The summed E-state index contributed by atoms with van der Waals surface area (Å²) in [6, 6.07) is 0. The maximum atomic E-state index is 11.2. The zero-order valence-electron chi connectivity index (χ0n) is 7.20. The smallest absolute Gasteiger partial charge is 0.225 e. The molecule has 0 aliphatic carbocycles. The molecule has 0 saturated heterocycles. The third kappa shape index (κ3) is 4.85. The Morgan fingerprint density at radius 3 is 2.27 bits per heavy atom. The number of carbonyl (C=O) groups excluding carboxylic acids is 1. The van der Waals surface area contributed by atoms with Crippen LogP contribution in [0.1, 0.15) is 20.8 Å². The van der Waals surface area contributed by atoms with Crippen molar-refractivity contribution in [1.82, 2.24) is 5.32 Å². The zero-order chi connectivity index (χ0) is 9.07. The van der Waals surface area contributed by atoms with E-state index in [4.69, 9.17) is 11.6 Å². The molecule has 1 amide bonds. The molecule has 0 aromatic heterocycles. The molecule has 0 aliphatic heterocycles. The van der Waals surface area contributed by atoms with Crippen LogP contribution >= 0.6 is 11.6 Å². The summed E-state index contributed by atoms with van der Waals surface area (Å²) < 4.78 is 0. The van der Waals surface area contributed by atoms with Gasteiger partial charge in [0, 0.05) is 10.4 Å². The molecule has 11 heavy (non-hydrogen) atoms. The van der Waals surface area contributed by atoms with Gasteiger partial charge in [0.2, 0.25) is 5.91 Å². The third-order valence-electron chi connectivity index (χ3n) is 1.12.